The highest BCUT2D eigenvalue weighted by Gasteiger charge is 2.44. The topological polar surface area (TPSA) is 179 Å². The predicted molar refractivity (Wildman–Crippen MR) is 104 cm³/mol. The molecule has 0 radical (unpaired) electrons. The van der Waals surface area contributed by atoms with Crippen molar-refractivity contribution in [2.75, 3.05) is 13.7 Å². The summed E-state index contributed by atoms with van der Waals surface area (Å²) in [5, 5.41) is 59.3. The molecule has 1 aliphatic rings. The van der Waals surface area contributed by atoms with Crippen molar-refractivity contribution >= 4 is 21.9 Å². The Labute approximate surface area is 173 Å². The molecule has 166 valence electrons. The van der Waals surface area contributed by atoms with Gasteiger partial charge in [0, 0.05) is 12.1 Å². The molecule has 2 aromatic carbocycles. The number of aliphatic hydroxyl groups is 4. The second-order valence-electron chi connectivity index (χ2n) is 7.05. The fourth-order valence-corrected chi connectivity index (χ4v) is 3.52. The van der Waals surface area contributed by atoms with Gasteiger partial charge in [0.05, 0.1) is 13.7 Å². The summed E-state index contributed by atoms with van der Waals surface area (Å²) in [6, 6.07) is 4.96. The third-order valence-electron chi connectivity index (χ3n) is 5.14. The lowest BCUT2D eigenvalue weighted by atomic mass is 9.99. The van der Waals surface area contributed by atoms with Crippen LogP contribution in [0.1, 0.15) is 0 Å². The summed E-state index contributed by atoms with van der Waals surface area (Å²) in [6.07, 6.45) is -7.57. The molecule has 5 atom stereocenters. The largest absolute Gasteiger partial charge is 0.507 e. The lowest BCUT2D eigenvalue weighted by Gasteiger charge is -2.39. The average molecular weight is 436 g/mol. The van der Waals surface area contributed by atoms with Gasteiger partial charge in [0.25, 0.3) is 0 Å². The molecule has 0 amide bonds. The number of hydrogen-bond donors (Lipinski definition) is 6. The number of rotatable bonds is 4. The van der Waals surface area contributed by atoms with Gasteiger partial charge in [-0.3, -0.25) is 4.79 Å². The summed E-state index contributed by atoms with van der Waals surface area (Å²) < 4.78 is 21.6. The van der Waals surface area contributed by atoms with E-state index in [2.05, 4.69) is 0 Å². The molecule has 1 fully saturated rings. The molecule has 3 aromatic rings. The van der Waals surface area contributed by atoms with Crippen LogP contribution in [0, 0.1) is 0 Å². The van der Waals surface area contributed by atoms with E-state index in [0.29, 0.717) is 0 Å². The Hall–Kier alpha value is -3.09. The van der Waals surface area contributed by atoms with E-state index < -0.39 is 48.5 Å². The summed E-state index contributed by atoms with van der Waals surface area (Å²) in [6.45, 7) is -0.641. The third kappa shape index (κ3) is 3.42. The molecule has 0 saturated carbocycles. The molecule has 1 aromatic heterocycles. The van der Waals surface area contributed by atoms with Crippen LogP contribution in [0.5, 0.6) is 23.0 Å². The normalized spacial score (nSPS) is 26.3. The first-order chi connectivity index (χ1) is 14.8. The van der Waals surface area contributed by atoms with Gasteiger partial charge in [0.1, 0.15) is 58.0 Å². The smallest absolute Gasteiger partial charge is 0.229 e. The van der Waals surface area contributed by atoms with Crippen molar-refractivity contribution in [1.29, 1.82) is 0 Å². The van der Waals surface area contributed by atoms with Crippen LogP contribution in [0.15, 0.2) is 33.5 Å². The van der Waals surface area contributed by atoms with Gasteiger partial charge in [0.2, 0.25) is 11.7 Å². The van der Waals surface area contributed by atoms with Crippen LogP contribution in [-0.4, -0.2) is 75.1 Å². The van der Waals surface area contributed by atoms with Crippen molar-refractivity contribution in [1.82, 2.24) is 0 Å². The minimum atomic E-state index is -1.67. The van der Waals surface area contributed by atoms with E-state index in [-0.39, 0.29) is 39.2 Å². The fraction of sp³-hybridized carbons (Fsp3) is 0.350. The molecule has 2 heterocycles. The highest BCUT2D eigenvalue weighted by Crippen LogP contribution is 2.37. The van der Waals surface area contributed by atoms with E-state index in [1.165, 1.54) is 25.3 Å². The van der Waals surface area contributed by atoms with Gasteiger partial charge in [-0.1, -0.05) is 0 Å². The van der Waals surface area contributed by atoms with Gasteiger partial charge in [-0.15, -0.1) is 0 Å². The molecular formula is C20H20O11. The van der Waals surface area contributed by atoms with Gasteiger partial charge in [-0.05, 0) is 12.1 Å². The van der Waals surface area contributed by atoms with Crippen LogP contribution in [0.4, 0.5) is 0 Å². The number of benzene rings is 2. The Balaban J connectivity index is 1.80. The number of hydrogen-bond acceptors (Lipinski definition) is 11. The maximum Gasteiger partial charge on any atom is 0.229 e. The lowest BCUT2D eigenvalue weighted by Crippen LogP contribution is -2.60. The monoisotopic (exact) mass is 436 g/mol. The van der Waals surface area contributed by atoms with Gasteiger partial charge in [0.15, 0.2) is 11.3 Å². The number of phenols is 2. The molecule has 1 saturated heterocycles. The Morgan fingerprint density at radius 3 is 2.42 bits per heavy atom. The summed E-state index contributed by atoms with van der Waals surface area (Å²) in [5.74, 6) is -0.815. The van der Waals surface area contributed by atoms with Gasteiger partial charge < -0.3 is 49.3 Å². The fourth-order valence-electron chi connectivity index (χ4n) is 3.52. The van der Waals surface area contributed by atoms with Crippen LogP contribution in [-0.2, 0) is 4.74 Å². The van der Waals surface area contributed by atoms with Crippen LogP contribution >= 0.6 is 0 Å². The molecule has 11 nitrogen and oxygen atoms in total. The van der Waals surface area contributed by atoms with Crippen molar-refractivity contribution < 1.29 is 49.3 Å². The number of phenolic OH excluding ortho intramolecular Hbond substituents is 2. The number of aromatic hydroxyl groups is 2. The van der Waals surface area contributed by atoms with E-state index in [4.69, 9.17) is 18.6 Å². The first kappa shape index (κ1) is 21.2. The molecule has 6 N–H and O–H groups in total. The van der Waals surface area contributed by atoms with Gasteiger partial charge in [-0.2, -0.15) is 0 Å². The highest BCUT2D eigenvalue weighted by molar-refractivity contribution is 5.98. The number of ether oxygens (including phenoxy) is 3. The standard InChI is InChI=1S/C20H20O11/c1-28-10-3-2-8(22)14-16(25)13-9(23)4-7(5-11(13)30-19(10)14)29-20-18(27)17(26)15(24)12(6-21)31-20/h2-5,12,15,17-18,20-24,26-27H,6H2,1H3/t12-,15-,17+,18-,20-/m1/s1. The van der Waals surface area contributed by atoms with Crippen molar-refractivity contribution in [2.45, 2.75) is 30.7 Å². The molecule has 11 heteroatoms. The molecule has 0 aliphatic carbocycles. The number of fused-ring (bicyclic) bond motifs is 2. The van der Waals surface area contributed by atoms with E-state index in [0.717, 1.165) is 6.07 Å². The molecule has 0 spiro atoms. The number of aliphatic hydroxyl groups excluding tert-OH is 4. The molecule has 1 aliphatic heterocycles. The first-order valence-electron chi connectivity index (χ1n) is 9.23. The van der Waals surface area contributed by atoms with Crippen LogP contribution in [0.2, 0.25) is 0 Å². The SMILES string of the molecule is COc1ccc(O)c2c(=O)c3c(O)cc(O[C@@H]4O[C@H](CO)[C@@H](O)[C@H](O)[C@H]4O)cc3oc12. The predicted octanol–water partition coefficient (Wildman–Crippen LogP) is -0.455. The third-order valence-corrected chi connectivity index (χ3v) is 5.14. The first-order valence-corrected chi connectivity index (χ1v) is 9.23. The van der Waals surface area contributed by atoms with Crippen LogP contribution < -0.4 is 14.9 Å². The van der Waals surface area contributed by atoms with Gasteiger partial charge in [-0.25, -0.2) is 0 Å². The molecule has 0 bridgehead atoms. The van der Waals surface area contributed by atoms with Crippen molar-refractivity contribution in [3.05, 3.63) is 34.5 Å². The maximum absolute atomic E-state index is 12.9. The van der Waals surface area contributed by atoms with E-state index in [1.807, 2.05) is 0 Å². The summed E-state index contributed by atoms with van der Waals surface area (Å²) in [7, 11) is 1.35. The highest BCUT2D eigenvalue weighted by atomic mass is 16.7. The van der Waals surface area contributed by atoms with E-state index in [9.17, 15) is 35.4 Å². The average Bonchev–Trinajstić information content (AvgIpc) is 2.74. The summed E-state index contributed by atoms with van der Waals surface area (Å²) in [4.78, 5) is 12.9. The zero-order valence-corrected chi connectivity index (χ0v) is 16.1. The van der Waals surface area contributed by atoms with Crippen molar-refractivity contribution in [3.63, 3.8) is 0 Å². The zero-order chi connectivity index (χ0) is 22.4. The van der Waals surface area contributed by atoms with Crippen molar-refractivity contribution in [2.24, 2.45) is 0 Å². The quantitative estimate of drug-likeness (QED) is 0.292. The zero-order valence-electron chi connectivity index (χ0n) is 16.1. The second kappa shape index (κ2) is 7.87. The van der Waals surface area contributed by atoms with Crippen LogP contribution in [0.25, 0.3) is 21.9 Å². The Kier molecular flexibility index (Phi) is 5.37. The van der Waals surface area contributed by atoms with Crippen LogP contribution in [0.3, 0.4) is 0 Å². The Morgan fingerprint density at radius 2 is 1.74 bits per heavy atom. The molecule has 31 heavy (non-hydrogen) atoms. The van der Waals surface area contributed by atoms with Gasteiger partial charge >= 0.3 is 0 Å². The lowest BCUT2D eigenvalue weighted by molar-refractivity contribution is -0.277. The number of methoxy groups -OCH3 is 1. The Bertz CT molecular complexity index is 1190. The molecule has 0 unspecified atom stereocenters. The maximum atomic E-state index is 12.9. The second-order valence-corrected chi connectivity index (χ2v) is 7.05. The van der Waals surface area contributed by atoms with Crippen molar-refractivity contribution in [3.8, 4) is 23.0 Å². The molecule has 4 rings (SSSR count). The van der Waals surface area contributed by atoms with E-state index in [1.54, 1.807) is 0 Å². The van der Waals surface area contributed by atoms with E-state index >= 15 is 0 Å². The Morgan fingerprint density at radius 1 is 1.00 bits per heavy atom. The minimum Gasteiger partial charge on any atom is -0.507 e. The summed E-state index contributed by atoms with van der Waals surface area (Å²) >= 11 is 0. The summed E-state index contributed by atoms with van der Waals surface area (Å²) in [5.41, 5.74) is -0.866. The minimum absolute atomic E-state index is 0.0515. The molecular weight excluding hydrogens is 416 g/mol.